The van der Waals surface area contributed by atoms with E-state index < -0.39 is 4.92 Å². The molecule has 3 N–H and O–H groups in total. The summed E-state index contributed by atoms with van der Waals surface area (Å²) in [6.45, 7) is 2.32. The molecular weight excluding hydrogens is 272 g/mol. The van der Waals surface area contributed by atoms with Gasteiger partial charge in [-0.15, -0.1) is 0 Å². The van der Waals surface area contributed by atoms with Gasteiger partial charge in [0.2, 0.25) is 0 Å². The van der Waals surface area contributed by atoms with Crippen LogP contribution in [0.15, 0.2) is 30.3 Å². The van der Waals surface area contributed by atoms with Crippen molar-refractivity contribution in [3.63, 3.8) is 0 Å². The molecule has 0 atom stereocenters. The second-order valence-electron chi connectivity index (χ2n) is 4.74. The van der Waals surface area contributed by atoms with Crippen molar-refractivity contribution in [2.75, 3.05) is 5.73 Å². The molecule has 2 rings (SSSR count). The van der Waals surface area contributed by atoms with Gasteiger partial charge in [-0.3, -0.25) is 14.9 Å². The molecule has 7 nitrogen and oxygen atoms in total. The van der Waals surface area contributed by atoms with E-state index in [1.54, 1.807) is 0 Å². The predicted octanol–water partition coefficient (Wildman–Crippen LogP) is 1.75. The fourth-order valence-corrected chi connectivity index (χ4v) is 1.96. The number of nitrogens with zero attached hydrogens (tertiary/aromatic N) is 2. The first kappa shape index (κ1) is 14.6. The summed E-state index contributed by atoms with van der Waals surface area (Å²) in [6, 6.07) is 7.88. The van der Waals surface area contributed by atoms with E-state index in [1.807, 2.05) is 30.7 Å². The number of benzene rings is 1. The number of hydrogen-bond donors (Lipinski definition) is 2. The van der Waals surface area contributed by atoms with E-state index in [4.69, 9.17) is 5.73 Å². The largest absolute Gasteiger partial charge is 0.393 e. The van der Waals surface area contributed by atoms with Gasteiger partial charge in [-0.05, 0) is 31.2 Å². The molecule has 0 saturated carbocycles. The van der Waals surface area contributed by atoms with Crippen molar-refractivity contribution in [2.24, 2.45) is 7.05 Å². The van der Waals surface area contributed by atoms with E-state index in [-0.39, 0.29) is 22.8 Å². The first-order valence-electron chi connectivity index (χ1n) is 6.33. The molecule has 1 amide bonds. The Morgan fingerprint density at radius 1 is 1.38 bits per heavy atom. The first-order valence-corrected chi connectivity index (χ1v) is 6.33. The highest BCUT2D eigenvalue weighted by molar-refractivity contribution is 5.95. The third kappa shape index (κ3) is 3.02. The molecule has 0 unspecified atom stereocenters. The van der Waals surface area contributed by atoms with E-state index in [2.05, 4.69) is 5.32 Å². The number of anilines is 1. The zero-order valence-corrected chi connectivity index (χ0v) is 11.8. The highest BCUT2D eigenvalue weighted by Gasteiger charge is 2.15. The molecule has 1 heterocycles. The lowest BCUT2D eigenvalue weighted by atomic mass is 10.1. The topological polar surface area (TPSA) is 103 Å². The number of hydrogen-bond acceptors (Lipinski definition) is 4. The van der Waals surface area contributed by atoms with Gasteiger partial charge in [-0.1, -0.05) is 0 Å². The zero-order valence-electron chi connectivity index (χ0n) is 11.8. The van der Waals surface area contributed by atoms with Crippen LogP contribution in [0, 0.1) is 17.0 Å². The minimum Gasteiger partial charge on any atom is -0.393 e. The quantitative estimate of drug-likeness (QED) is 0.508. The third-order valence-electron chi connectivity index (χ3n) is 3.40. The van der Waals surface area contributed by atoms with Gasteiger partial charge in [0.25, 0.3) is 11.6 Å². The number of aryl methyl sites for hydroxylation is 1. The molecule has 110 valence electrons. The van der Waals surface area contributed by atoms with Gasteiger partial charge in [0, 0.05) is 30.1 Å². The van der Waals surface area contributed by atoms with E-state index in [0.717, 1.165) is 11.4 Å². The first-order chi connectivity index (χ1) is 9.90. The van der Waals surface area contributed by atoms with Gasteiger partial charge in [0.05, 0.1) is 11.5 Å². The van der Waals surface area contributed by atoms with E-state index in [0.29, 0.717) is 6.54 Å². The van der Waals surface area contributed by atoms with Gasteiger partial charge >= 0.3 is 0 Å². The third-order valence-corrected chi connectivity index (χ3v) is 3.40. The van der Waals surface area contributed by atoms with Crippen molar-refractivity contribution in [3.05, 3.63) is 57.4 Å². The number of nitrogen functional groups attached to an aromatic ring is 1. The summed E-state index contributed by atoms with van der Waals surface area (Å²) >= 11 is 0. The molecule has 0 bridgehead atoms. The van der Waals surface area contributed by atoms with Gasteiger partial charge in [-0.25, -0.2) is 0 Å². The van der Waals surface area contributed by atoms with Gasteiger partial charge in [-0.2, -0.15) is 0 Å². The van der Waals surface area contributed by atoms with Crippen molar-refractivity contribution in [1.29, 1.82) is 0 Å². The molecular formula is C14H16N4O3. The Kier molecular flexibility index (Phi) is 3.93. The molecule has 0 aliphatic carbocycles. The molecule has 1 aromatic heterocycles. The predicted molar refractivity (Wildman–Crippen MR) is 78.8 cm³/mol. The molecule has 0 fully saturated rings. The average Bonchev–Trinajstić information content (AvgIpc) is 2.76. The Morgan fingerprint density at radius 2 is 2.10 bits per heavy atom. The van der Waals surface area contributed by atoms with Crippen LogP contribution in [0.4, 0.5) is 11.4 Å². The standard InChI is InChI=1S/C14H16N4O3/c1-9-3-5-11(17(9)2)8-16-14(19)10-4-6-12(15)13(7-10)18(20)21/h3-7H,8,15H2,1-2H3,(H,16,19). The Labute approximate surface area is 121 Å². The number of carbonyl (C=O) groups is 1. The van der Waals surface area contributed by atoms with Crippen LogP contribution in [0.1, 0.15) is 21.7 Å². The summed E-state index contributed by atoms with van der Waals surface area (Å²) in [5.41, 5.74) is 7.52. The highest BCUT2D eigenvalue weighted by atomic mass is 16.6. The van der Waals surface area contributed by atoms with Crippen molar-refractivity contribution in [2.45, 2.75) is 13.5 Å². The minimum atomic E-state index is -0.604. The maximum atomic E-state index is 12.0. The van der Waals surface area contributed by atoms with Crippen LogP contribution < -0.4 is 11.1 Å². The van der Waals surface area contributed by atoms with Gasteiger partial charge < -0.3 is 15.6 Å². The van der Waals surface area contributed by atoms with Crippen LogP contribution in [-0.2, 0) is 13.6 Å². The van der Waals surface area contributed by atoms with Crippen molar-refractivity contribution in [1.82, 2.24) is 9.88 Å². The Bertz CT molecular complexity index is 706. The molecule has 21 heavy (non-hydrogen) atoms. The van der Waals surface area contributed by atoms with Crippen LogP contribution in [0.2, 0.25) is 0 Å². The molecule has 7 heteroatoms. The summed E-state index contributed by atoms with van der Waals surface area (Å²) in [5.74, 6) is -0.378. The van der Waals surface area contributed by atoms with Crippen molar-refractivity contribution in [3.8, 4) is 0 Å². The maximum Gasteiger partial charge on any atom is 0.292 e. The number of aromatic nitrogens is 1. The lowest BCUT2D eigenvalue weighted by Gasteiger charge is -2.08. The van der Waals surface area contributed by atoms with E-state index in [1.165, 1.54) is 18.2 Å². The molecule has 0 aliphatic rings. The zero-order chi connectivity index (χ0) is 15.6. The SMILES string of the molecule is Cc1ccc(CNC(=O)c2ccc(N)c([N+](=O)[O-])c2)n1C. The van der Waals surface area contributed by atoms with Crippen LogP contribution in [-0.4, -0.2) is 15.4 Å². The number of nitrogens with one attached hydrogen (secondary N) is 1. The van der Waals surface area contributed by atoms with E-state index in [9.17, 15) is 14.9 Å². The van der Waals surface area contributed by atoms with Crippen LogP contribution in [0.3, 0.4) is 0 Å². The van der Waals surface area contributed by atoms with E-state index >= 15 is 0 Å². The summed E-state index contributed by atoms with van der Waals surface area (Å²) in [7, 11) is 1.91. The number of amides is 1. The van der Waals surface area contributed by atoms with Crippen LogP contribution >= 0.6 is 0 Å². The number of nitrogens with two attached hydrogens (primary N) is 1. The lowest BCUT2D eigenvalue weighted by molar-refractivity contribution is -0.383. The Hall–Kier alpha value is -2.83. The molecule has 1 aromatic carbocycles. The van der Waals surface area contributed by atoms with Crippen molar-refractivity contribution >= 4 is 17.3 Å². The second kappa shape index (κ2) is 5.66. The average molecular weight is 288 g/mol. The Balaban J connectivity index is 2.12. The van der Waals surface area contributed by atoms with Gasteiger partial charge in [0.1, 0.15) is 5.69 Å². The smallest absolute Gasteiger partial charge is 0.292 e. The molecule has 0 aliphatic heterocycles. The maximum absolute atomic E-state index is 12.0. The molecule has 0 radical (unpaired) electrons. The summed E-state index contributed by atoms with van der Waals surface area (Å²) in [5, 5.41) is 13.5. The monoisotopic (exact) mass is 288 g/mol. The van der Waals surface area contributed by atoms with Crippen LogP contribution in [0.5, 0.6) is 0 Å². The van der Waals surface area contributed by atoms with Crippen molar-refractivity contribution < 1.29 is 9.72 Å². The summed E-state index contributed by atoms with van der Waals surface area (Å²) in [6.07, 6.45) is 0. The van der Waals surface area contributed by atoms with Crippen LogP contribution in [0.25, 0.3) is 0 Å². The number of rotatable bonds is 4. The minimum absolute atomic E-state index is 0.0367. The Morgan fingerprint density at radius 3 is 2.67 bits per heavy atom. The fraction of sp³-hybridized carbons (Fsp3) is 0.214. The number of nitro groups is 1. The summed E-state index contributed by atoms with van der Waals surface area (Å²) < 4.78 is 1.96. The summed E-state index contributed by atoms with van der Waals surface area (Å²) in [4.78, 5) is 22.2. The van der Waals surface area contributed by atoms with Gasteiger partial charge in [0.15, 0.2) is 0 Å². The number of carbonyl (C=O) groups excluding carboxylic acids is 1. The highest BCUT2D eigenvalue weighted by Crippen LogP contribution is 2.22. The molecule has 0 spiro atoms. The lowest BCUT2D eigenvalue weighted by Crippen LogP contribution is -2.24. The fourth-order valence-electron chi connectivity index (χ4n) is 1.96. The second-order valence-corrected chi connectivity index (χ2v) is 4.74. The normalized spacial score (nSPS) is 10.4. The molecule has 0 saturated heterocycles. The number of nitro benzene ring substituents is 1. The molecule has 2 aromatic rings.